The van der Waals surface area contributed by atoms with Crippen molar-refractivity contribution in [1.82, 2.24) is 4.90 Å². The van der Waals surface area contributed by atoms with Gasteiger partial charge >= 0.3 is 0 Å². The lowest BCUT2D eigenvalue weighted by atomic mass is 9.89. The van der Waals surface area contributed by atoms with Crippen LogP contribution in [0.3, 0.4) is 0 Å². The molecule has 0 aliphatic carbocycles. The Labute approximate surface area is 123 Å². The Hall–Kier alpha value is -1.82. The number of likely N-dealkylation sites (tertiary alicyclic amines) is 1. The molecule has 1 aromatic heterocycles. The molecule has 2 rings (SSSR count). The van der Waals surface area contributed by atoms with Crippen molar-refractivity contribution in [3.05, 3.63) is 23.7 Å². The molecule has 21 heavy (non-hydrogen) atoms. The van der Waals surface area contributed by atoms with E-state index in [1.807, 2.05) is 6.92 Å². The summed E-state index contributed by atoms with van der Waals surface area (Å²) in [5.74, 6) is -0.0388. The second kappa shape index (κ2) is 6.30. The molecule has 1 aliphatic heterocycles. The zero-order valence-electron chi connectivity index (χ0n) is 12.3. The van der Waals surface area contributed by atoms with Crippen LogP contribution in [0.25, 0.3) is 0 Å². The molecule has 1 aromatic rings. The summed E-state index contributed by atoms with van der Waals surface area (Å²) in [4.78, 5) is 25.2. The maximum atomic E-state index is 12.6. The number of aliphatic hydroxyl groups is 1. The van der Waals surface area contributed by atoms with Crippen LogP contribution in [0, 0.1) is 0 Å². The van der Waals surface area contributed by atoms with E-state index in [1.165, 1.54) is 6.26 Å². The Bertz CT molecular complexity index is 525. The molecule has 1 atom stereocenters. The van der Waals surface area contributed by atoms with E-state index >= 15 is 0 Å². The predicted molar refractivity (Wildman–Crippen MR) is 76.6 cm³/mol. The normalized spacial score (nSPS) is 22.3. The third kappa shape index (κ3) is 3.64. The van der Waals surface area contributed by atoms with Crippen LogP contribution in [0.4, 0.5) is 0 Å². The van der Waals surface area contributed by atoms with Crippen molar-refractivity contribution in [3.63, 3.8) is 0 Å². The largest absolute Gasteiger partial charge is 0.469 e. The number of nitrogens with zero attached hydrogens (tertiary/aromatic N) is 1. The van der Waals surface area contributed by atoms with Crippen molar-refractivity contribution in [2.24, 2.45) is 5.73 Å². The highest BCUT2D eigenvalue weighted by Crippen LogP contribution is 2.26. The zero-order valence-corrected chi connectivity index (χ0v) is 12.3. The molecule has 6 heteroatoms. The highest BCUT2D eigenvalue weighted by Gasteiger charge is 2.37. The zero-order chi connectivity index (χ0) is 15.5. The molecular weight excluding hydrogens is 272 g/mol. The van der Waals surface area contributed by atoms with E-state index in [0.29, 0.717) is 37.1 Å². The summed E-state index contributed by atoms with van der Waals surface area (Å²) in [6, 6.07) is 1.66. The number of hydrogen-bond donors (Lipinski definition) is 2. The monoisotopic (exact) mass is 294 g/mol. The number of β-amino-alcohol motifs (C(OH)–C–C–N with tert-alkyl or cyclic N) is 1. The lowest BCUT2D eigenvalue weighted by Crippen LogP contribution is -2.51. The molecule has 1 saturated heterocycles. The van der Waals surface area contributed by atoms with Gasteiger partial charge in [-0.05, 0) is 25.3 Å². The molecule has 0 aromatic carbocycles. The van der Waals surface area contributed by atoms with Gasteiger partial charge in [0, 0.05) is 13.0 Å². The van der Waals surface area contributed by atoms with E-state index in [0.717, 1.165) is 6.42 Å². The quantitative estimate of drug-likeness (QED) is 0.849. The third-order valence-electron chi connectivity index (χ3n) is 3.80. The summed E-state index contributed by atoms with van der Waals surface area (Å²) in [5.41, 5.74) is 4.50. The molecule has 1 fully saturated rings. The van der Waals surface area contributed by atoms with Crippen LogP contribution in [-0.4, -0.2) is 40.5 Å². The van der Waals surface area contributed by atoms with Crippen molar-refractivity contribution in [2.45, 2.75) is 44.6 Å². The maximum absolute atomic E-state index is 12.6. The summed E-state index contributed by atoms with van der Waals surface area (Å²) in [6.07, 6.45) is 4.11. The topological polar surface area (TPSA) is 96.8 Å². The summed E-state index contributed by atoms with van der Waals surface area (Å²) >= 11 is 0. The van der Waals surface area contributed by atoms with Gasteiger partial charge in [-0.25, -0.2) is 0 Å². The first-order valence-corrected chi connectivity index (χ1v) is 7.31. The number of aryl methyl sites for hydroxylation is 1. The first kappa shape index (κ1) is 15.6. The van der Waals surface area contributed by atoms with Crippen molar-refractivity contribution in [3.8, 4) is 0 Å². The van der Waals surface area contributed by atoms with E-state index < -0.39 is 11.5 Å². The van der Waals surface area contributed by atoms with E-state index in [9.17, 15) is 14.7 Å². The fraction of sp³-hybridized carbons (Fsp3) is 0.600. The summed E-state index contributed by atoms with van der Waals surface area (Å²) in [5, 5.41) is 10.4. The number of carbonyl (C=O) groups is 2. The minimum Gasteiger partial charge on any atom is -0.469 e. The number of piperidine rings is 1. The van der Waals surface area contributed by atoms with Gasteiger partial charge in [-0.3, -0.25) is 9.59 Å². The molecule has 0 saturated carbocycles. The van der Waals surface area contributed by atoms with E-state index in [1.54, 1.807) is 11.0 Å². The Morgan fingerprint density at radius 1 is 1.52 bits per heavy atom. The number of carbonyl (C=O) groups excluding carboxylic acids is 2. The molecule has 0 spiro atoms. The molecule has 0 radical (unpaired) electrons. The smallest absolute Gasteiger partial charge is 0.257 e. The Balaban J connectivity index is 2.12. The molecule has 116 valence electrons. The molecule has 1 unspecified atom stereocenters. The fourth-order valence-electron chi connectivity index (χ4n) is 2.88. The molecular formula is C15H22N2O4. The molecule has 6 nitrogen and oxygen atoms in total. The SMILES string of the molecule is CCCc1occc1C(=O)N1CCCC(O)(CC(N)=O)C1. The van der Waals surface area contributed by atoms with Gasteiger partial charge in [0.15, 0.2) is 0 Å². The van der Waals surface area contributed by atoms with Gasteiger partial charge < -0.3 is 20.2 Å². The van der Waals surface area contributed by atoms with Gasteiger partial charge in [0.25, 0.3) is 5.91 Å². The van der Waals surface area contributed by atoms with Crippen molar-refractivity contribution >= 4 is 11.8 Å². The van der Waals surface area contributed by atoms with Crippen LogP contribution in [0.15, 0.2) is 16.7 Å². The molecule has 2 heterocycles. The summed E-state index contributed by atoms with van der Waals surface area (Å²) < 4.78 is 5.35. The maximum Gasteiger partial charge on any atom is 0.257 e. The minimum absolute atomic E-state index is 0.121. The number of furan rings is 1. The summed E-state index contributed by atoms with van der Waals surface area (Å²) in [6.45, 7) is 2.71. The molecule has 3 N–H and O–H groups in total. The first-order valence-electron chi connectivity index (χ1n) is 7.31. The van der Waals surface area contributed by atoms with Crippen molar-refractivity contribution in [1.29, 1.82) is 0 Å². The highest BCUT2D eigenvalue weighted by atomic mass is 16.3. The van der Waals surface area contributed by atoms with Gasteiger partial charge in [-0.2, -0.15) is 0 Å². The van der Waals surface area contributed by atoms with Crippen LogP contribution < -0.4 is 5.73 Å². The lowest BCUT2D eigenvalue weighted by Gasteiger charge is -2.38. The fourth-order valence-corrected chi connectivity index (χ4v) is 2.88. The van der Waals surface area contributed by atoms with Gasteiger partial charge in [-0.1, -0.05) is 6.92 Å². The number of hydrogen-bond acceptors (Lipinski definition) is 4. The predicted octanol–water partition coefficient (Wildman–Crippen LogP) is 1.07. The van der Waals surface area contributed by atoms with Crippen LogP contribution in [0.1, 0.15) is 48.7 Å². The number of rotatable bonds is 5. The molecule has 2 amide bonds. The average Bonchev–Trinajstić information content (AvgIpc) is 2.85. The number of nitrogens with two attached hydrogens (primary N) is 1. The van der Waals surface area contributed by atoms with Crippen LogP contribution in [-0.2, 0) is 11.2 Å². The number of primary amides is 1. The van der Waals surface area contributed by atoms with Gasteiger partial charge in [0.2, 0.25) is 5.91 Å². The van der Waals surface area contributed by atoms with Crippen LogP contribution in [0.5, 0.6) is 0 Å². The third-order valence-corrected chi connectivity index (χ3v) is 3.80. The van der Waals surface area contributed by atoms with Gasteiger partial charge in [0.05, 0.1) is 30.4 Å². The van der Waals surface area contributed by atoms with E-state index in [4.69, 9.17) is 10.2 Å². The van der Waals surface area contributed by atoms with Crippen LogP contribution in [0.2, 0.25) is 0 Å². The second-order valence-corrected chi connectivity index (χ2v) is 5.71. The number of amides is 2. The van der Waals surface area contributed by atoms with E-state index in [2.05, 4.69) is 0 Å². The summed E-state index contributed by atoms with van der Waals surface area (Å²) in [7, 11) is 0. The standard InChI is InChI=1S/C15H22N2O4/c1-2-4-12-11(5-8-21-12)14(19)17-7-3-6-15(20,10-17)9-13(16)18/h5,8,20H,2-4,6-7,9-10H2,1H3,(H2,16,18). The minimum atomic E-state index is -1.21. The van der Waals surface area contributed by atoms with E-state index in [-0.39, 0.29) is 18.9 Å². The Morgan fingerprint density at radius 3 is 2.95 bits per heavy atom. The first-order chi connectivity index (χ1) is 9.95. The average molecular weight is 294 g/mol. The highest BCUT2D eigenvalue weighted by molar-refractivity contribution is 5.95. The Kier molecular flexibility index (Phi) is 4.67. The Morgan fingerprint density at radius 2 is 2.29 bits per heavy atom. The van der Waals surface area contributed by atoms with Crippen LogP contribution >= 0.6 is 0 Å². The van der Waals surface area contributed by atoms with Crippen molar-refractivity contribution in [2.75, 3.05) is 13.1 Å². The molecule has 0 bridgehead atoms. The second-order valence-electron chi connectivity index (χ2n) is 5.71. The van der Waals surface area contributed by atoms with Gasteiger partial charge in [-0.15, -0.1) is 0 Å². The van der Waals surface area contributed by atoms with Crippen molar-refractivity contribution < 1.29 is 19.1 Å². The molecule has 1 aliphatic rings. The lowest BCUT2D eigenvalue weighted by molar-refractivity contribution is -0.125. The van der Waals surface area contributed by atoms with Gasteiger partial charge in [0.1, 0.15) is 5.76 Å².